The van der Waals surface area contributed by atoms with Crippen molar-refractivity contribution in [3.63, 3.8) is 0 Å². The number of nitrogens with one attached hydrogen (secondary N) is 2. The molecule has 0 aliphatic carbocycles. The van der Waals surface area contributed by atoms with Crippen molar-refractivity contribution in [2.45, 2.75) is 38.4 Å². The van der Waals surface area contributed by atoms with Crippen LogP contribution in [0.25, 0.3) is 0 Å². The Hall–Kier alpha value is -1.22. The van der Waals surface area contributed by atoms with Crippen molar-refractivity contribution in [3.8, 4) is 11.5 Å². The lowest BCUT2D eigenvalue weighted by Crippen LogP contribution is -2.42. The number of benzene rings is 1. The number of hydrogen-bond donors (Lipinski definition) is 2. The van der Waals surface area contributed by atoms with Crippen LogP contribution >= 0.6 is 24.0 Å². The summed E-state index contributed by atoms with van der Waals surface area (Å²) in [7, 11) is 3.42. The van der Waals surface area contributed by atoms with Gasteiger partial charge in [-0.25, -0.2) is 0 Å². The maximum Gasteiger partial charge on any atom is 0.191 e. The van der Waals surface area contributed by atoms with Crippen LogP contribution in [0.15, 0.2) is 29.3 Å². The van der Waals surface area contributed by atoms with Crippen molar-refractivity contribution in [2.24, 2.45) is 4.99 Å². The first-order valence-corrected chi connectivity index (χ1v) is 8.58. The summed E-state index contributed by atoms with van der Waals surface area (Å²) in [6.07, 6.45) is 3.76. The fraction of sp³-hybridized carbons (Fsp3) is 0.611. The van der Waals surface area contributed by atoms with Crippen LogP contribution in [0, 0.1) is 0 Å². The minimum Gasteiger partial charge on any atom is -0.497 e. The fourth-order valence-electron chi connectivity index (χ4n) is 2.63. The van der Waals surface area contributed by atoms with Crippen molar-refractivity contribution in [1.82, 2.24) is 10.6 Å². The van der Waals surface area contributed by atoms with Gasteiger partial charge in [0, 0.05) is 26.3 Å². The smallest absolute Gasteiger partial charge is 0.191 e. The minimum atomic E-state index is 0. The Bertz CT molecular complexity index is 522. The highest BCUT2D eigenvalue weighted by molar-refractivity contribution is 14.0. The number of hydrogen-bond acceptors (Lipinski definition) is 4. The number of aliphatic imine (C=N–C) groups is 1. The van der Waals surface area contributed by atoms with Gasteiger partial charge in [0.25, 0.3) is 0 Å². The number of rotatable bonds is 8. The first-order valence-electron chi connectivity index (χ1n) is 8.58. The van der Waals surface area contributed by atoms with Crippen LogP contribution in [0.2, 0.25) is 0 Å². The van der Waals surface area contributed by atoms with E-state index in [1.165, 1.54) is 12.8 Å². The summed E-state index contributed by atoms with van der Waals surface area (Å²) in [6, 6.07) is 7.62. The van der Waals surface area contributed by atoms with Gasteiger partial charge in [0.1, 0.15) is 17.6 Å². The molecule has 6 nitrogen and oxygen atoms in total. The van der Waals surface area contributed by atoms with Gasteiger partial charge in [0.15, 0.2) is 5.96 Å². The molecule has 1 aliphatic heterocycles. The molecule has 2 atom stereocenters. The van der Waals surface area contributed by atoms with Crippen molar-refractivity contribution < 1.29 is 14.2 Å². The van der Waals surface area contributed by atoms with Crippen LogP contribution in [-0.4, -0.2) is 52.0 Å². The van der Waals surface area contributed by atoms with Gasteiger partial charge in [-0.2, -0.15) is 0 Å². The van der Waals surface area contributed by atoms with E-state index in [9.17, 15) is 0 Å². The lowest BCUT2D eigenvalue weighted by Gasteiger charge is -2.18. The predicted molar refractivity (Wildman–Crippen MR) is 111 cm³/mol. The molecule has 2 N–H and O–H groups in total. The van der Waals surface area contributed by atoms with E-state index < -0.39 is 0 Å². The van der Waals surface area contributed by atoms with Crippen LogP contribution in [0.3, 0.4) is 0 Å². The van der Waals surface area contributed by atoms with Crippen LogP contribution in [0.5, 0.6) is 11.5 Å². The first kappa shape index (κ1) is 21.8. The quantitative estimate of drug-likeness (QED) is 0.353. The van der Waals surface area contributed by atoms with Gasteiger partial charge in [-0.3, -0.25) is 4.99 Å². The van der Waals surface area contributed by atoms with Gasteiger partial charge >= 0.3 is 0 Å². The van der Waals surface area contributed by atoms with Crippen molar-refractivity contribution in [3.05, 3.63) is 24.3 Å². The Morgan fingerprint density at radius 3 is 2.84 bits per heavy atom. The Balaban J connectivity index is 0.00000312. The molecule has 1 fully saturated rings. The SMILES string of the molecule is CN=C(NCCC1CCCO1)NCC(C)Oc1cccc(OC)c1.I. The molecule has 2 unspecified atom stereocenters. The maximum atomic E-state index is 5.89. The molecule has 1 aliphatic rings. The summed E-state index contributed by atoms with van der Waals surface area (Å²) < 4.78 is 16.7. The largest absolute Gasteiger partial charge is 0.497 e. The van der Waals surface area contributed by atoms with Crippen molar-refractivity contribution in [1.29, 1.82) is 0 Å². The Morgan fingerprint density at radius 2 is 2.16 bits per heavy atom. The zero-order valence-electron chi connectivity index (χ0n) is 15.3. The van der Waals surface area contributed by atoms with Gasteiger partial charge in [-0.15, -0.1) is 24.0 Å². The minimum absolute atomic E-state index is 0. The normalized spacial score (nSPS) is 18.2. The molecule has 25 heavy (non-hydrogen) atoms. The monoisotopic (exact) mass is 463 g/mol. The first-order chi connectivity index (χ1) is 11.7. The molecule has 0 spiro atoms. The van der Waals surface area contributed by atoms with E-state index in [1.807, 2.05) is 31.2 Å². The molecule has 1 heterocycles. The van der Waals surface area contributed by atoms with Crippen molar-refractivity contribution >= 4 is 29.9 Å². The molecular weight excluding hydrogens is 433 g/mol. The van der Waals surface area contributed by atoms with E-state index in [1.54, 1.807) is 14.2 Å². The highest BCUT2D eigenvalue weighted by atomic mass is 127. The van der Waals surface area contributed by atoms with E-state index in [0.717, 1.165) is 37.0 Å². The Kier molecular flexibility index (Phi) is 10.6. The zero-order valence-corrected chi connectivity index (χ0v) is 17.6. The second-order valence-corrected chi connectivity index (χ2v) is 5.91. The van der Waals surface area contributed by atoms with E-state index in [2.05, 4.69) is 15.6 Å². The molecule has 142 valence electrons. The molecule has 0 aromatic heterocycles. The summed E-state index contributed by atoms with van der Waals surface area (Å²) in [5, 5.41) is 6.60. The Labute approximate surface area is 167 Å². The van der Waals surface area contributed by atoms with Crippen LogP contribution < -0.4 is 20.1 Å². The molecule has 0 saturated carbocycles. The lowest BCUT2D eigenvalue weighted by atomic mass is 10.2. The summed E-state index contributed by atoms with van der Waals surface area (Å²) in [5.41, 5.74) is 0. The molecule has 1 saturated heterocycles. The van der Waals surface area contributed by atoms with Gasteiger partial charge in [-0.1, -0.05) is 6.07 Å². The topological polar surface area (TPSA) is 64.1 Å². The molecule has 0 radical (unpaired) electrons. The van der Waals surface area contributed by atoms with E-state index >= 15 is 0 Å². The predicted octanol–water partition coefficient (Wildman–Crippen LogP) is 2.81. The van der Waals surface area contributed by atoms with Crippen LogP contribution in [0.4, 0.5) is 0 Å². The summed E-state index contributed by atoms with van der Waals surface area (Å²) >= 11 is 0. The third-order valence-corrected chi connectivity index (χ3v) is 3.94. The maximum absolute atomic E-state index is 5.89. The molecule has 7 heteroatoms. The summed E-state index contributed by atoms with van der Waals surface area (Å²) in [6.45, 7) is 4.44. The molecular formula is C18H30IN3O3. The average molecular weight is 463 g/mol. The molecule has 0 bridgehead atoms. The molecule has 0 amide bonds. The lowest BCUT2D eigenvalue weighted by molar-refractivity contribution is 0.105. The van der Waals surface area contributed by atoms with Gasteiger partial charge in [0.05, 0.1) is 19.8 Å². The number of methoxy groups -OCH3 is 1. The van der Waals surface area contributed by atoms with Gasteiger partial charge in [0.2, 0.25) is 0 Å². The van der Waals surface area contributed by atoms with Gasteiger partial charge in [-0.05, 0) is 38.3 Å². The summed E-state index contributed by atoms with van der Waals surface area (Å²) in [5.74, 6) is 2.37. The van der Waals surface area contributed by atoms with E-state index in [4.69, 9.17) is 14.2 Å². The van der Waals surface area contributed by atoms with Crippen LogP contribution in [-0.2, 0) is 4.74 Å². The number of nitrogens with zero attached hydrogens (tertiary/aromatic N) is 1. The second kappa shape index (κ2) is 12.2. The molecule has 2 rings (SSSR count). The number of halogens is 1. The average Bonchev–Trinajstić information content (AvgIpc) is 3.11. The standard InChI is InChI=1S/C18H29N3O3.HI/c1-14(24-17-7-4-6-16(12-17)22-3)13-21-18(19-2)20-10-9-15-8-5-11-23-15;/h4,6-7,12,14-15H,5,8-11,13H2,1-3H3,(H2,19,20,21);1H. The van der Waals surface area contributed by atoms with Gasteiger partial charge < -0.3 is 24.8 Å². The third-order valence-electron chi connectivity index (χ3n) is 3.94. The molecule has 1 aromatic rings. The van der Waals surface area contributed by atoms with Crippen LogP contribution in [0.1, 0.15) is 26.2 Å². The Morgan fingerprint density at radius 1 is 1.36 bits per heavy atom. The fourth-order valence-corrected chi connectivity index (χ4v) is 2.63. The highest BCUT2D eigenvalue weighted by Crippen LogP contribution is 2.19. The zero-order chi connectivity index (χ0) is 17.2. The van der Waals surface area contributed by atoms with Crippen molar-refractivity contribution in [2.75, 3.05) is 33.9 Å². The number of guanidine groups is 1. The second-order valence-electron chi connectivity index (χ2n) is 5.91. The third kappa shape index (κ3) is 8.13. The highest BCUT2D eigenvalue weighted by Gasteiger charge is 2.15. The van der Waals surface area contributed by atoms with E-state index in [0.29, 0.717) is 12.6 Å². The molecule has 1 aromatic carbocycles. The summed E-state index contributed by atoms with van der Waals surface area (Å²) in [4.78, 5) is 4.24. The number of ether oxygens (including phenoxy) is 3. The van der Waals surface area contributed by atoms with E-state index in [-0.39, 0.29) is 30.1 Å².